The molecule has 0 aliphatic carbocycles. The Morgan fingerprint density at radius 3 is 3.15 bits per heavy atom. The molecular formula is C13H16N4O2S. The van der Waals surface area contributed by atoms with Crippen LogP contribution in [0.4, 0.5) is 10.6 Å². The minimum atomic E-state index is -0.289. The van der Waals surface area contributed by atoms with Gasteiger partial charge in [0.2, 0.25) is 0 Å². The van der Waals surface area contributed by atoms with Gasteiger partial charge in [-0.15, -0.1) is 11.3 Å². The lowest BCUT2D eigenvalue weighted by Gasteiger charge is -2.13. The van der Waals surface area contributed by atoms with Crippen LogP contribution >= 0.6 is 11.3 Å². The highest BCUT2D eigenvalue weighted by molar-refractivity contribution is 7.16. The van der Waals surface area contributed by atoms with Gasteiger partial charge in [-0.1, -0.05) is 6.92 Å². The molecule has 1 aliphatic heterocycles. The molecule has 1 amide bonds. The molecule has 106 valence electrons. The Hall–Kier alpha value is -1.89. The van der Waals surface area contributed by atoms with Gasteiger partial charge in [0.15, 0.2) is 5.82 Å². The van der Waals surface area contributed by atoms with Gasteiger partial charge in [-0.25, -0.2) is 14.8 Å². The van der Waals surface area contributed by atoms with E-state index in [1.807, 2.05) is 11.4 Å². The summed E-state index contributed by atoms with van der Waals surface area (Å²) in [4.78, 5) is 23.1. The molecule has 1 N–H and O–H groups in total. The SMILES string of the molecule is CCCNc1nc(CN2CCOC2=O)nc2sccc12. The molecule has 0 radical (unpaired) electrons. The predicted octanol–water partition coefficient (Wildman–Crippen LogP) is 2.47. The van der Waals surface area contributed by atoms with E-state index in [0.717, 1.165) is 29.0 Å². The van der Waals surface area contributed by atoms with Crippen LogP contribution in [0.2, 0.25) is 0 Å². The van der Waals surface area contributed by atoms with Gasteiger partial charge in [0.25, 0.3) is 0 Å². The van der Waals surface area contributed by atoms with E-state index in [2.05, 4.69) is 22.2 Å². The molecule has 0 aromatic carbocycles. The Bertz CT molecular complexity index is 628. The average Bonchev–Trinajstić information content (AvgIpc) is 3.06. The maximum atomic E-state index is 11.5. The molecular weight excluding hydrogens is 276 g/mol. The molecule has 0 unspecified atom stereocenters. The number of carbonyl (C=O) groups is 1. The molecule has 3 rings (SSSR count). The maximum absolute atomic E-state index is 11.5. The van der Waals surface area contributed by atoms with Crippen LogP contribution in [0.5, 0.6) is 0 Å². The van der Waals surface area contributed by atoms with Crippen LogP contribution in [0.1, 0.15) is 19.2 Å². The van der Waals surface area contributed by atoms with E-state index in [1.54, 1.807) is 16.2 Å². The summed E-state index contributed by atoms with van der Waals surface area (Å²) in [5.74, 6) is 1.50. The Labute approximate surface area is 120 Å². The minimum absolute atomic E-state index is 0.289. The van der Waals surface area contributed by atoms with Gasteiger partial charge in [0, 0.05) is 6.54 Å². The molecule has 2 aromatic heterocycles. The lowest BCUT2D eigenvalue weighted by molar-refractivity contribution is 0.156. The van der Waals surface area contributed by atoms with Crippen molar-refractivity contribution in [2.45, 2.75) is 19.9 Å². The highest BCUT2D eigenvalue weighted by Crippen LogP contribution is 2.25. The highest BCUT2D eigenvalue weighted by atomic mass is 32.1. The standard InChI is InChI=1S/C13H16N4O2S/c1-2-4-14-11-9-3-7-20-12(9)16-10(15-11)8-17-5-6-19-13(17)18/h3,7H,2,4-6,8H2,1H3,(H,14,15,16). The molecule has 1 aliphatic rings. The quantitative estimate of drug-likeness (QED) is 0.917. The van der Waals surface area contributed by atoms with Gasteiger partial charge < -0.3 is 10.1 Å². The average molecular weight is 292 g/mol. The number of hydrogen-bond acceptors (Lipinski definition) is 6. The highest BCUT2D eigenvalue weighted by Gasteiger charge is 2.23. The summed E-state index contributed by atoms with van der Waals surface area (Å²) in [5.41, 5.74) is 0. The van der Waals surface area contributed by atoms with Gasteiger partial charge >= 0.3 is 6.09 Å². The fourth-order valence-corrected chi connectivity index (χ4v) is 2.87. The van der Waals surface area contributed by atoms with Crippen LogP contribution in [0.25, 0.3) is 10.2 Å². The van der Waals surface area contributed by atoms with Crippen molar-refractivity contribution in [1.82, 2.24) is 14.9 Å². The Morgan fingerprint density at radius 2 is 2.40 bits per heavy atom. The zero-order chi connectivity index (χ0) is 13.9. The molecule has 0 spiro atoms. The van der Waals surface area contributed by atoms with Gasteiger partial charge in [0.05, 0.1) is 18.5 Å². The van der Waals surface area contributed by atoms with Gasteiger partial charge in [0.1, 0.15) is 17.3 Å². The van der Waals surface area contributed by atoms with Crippen molar-refractivity contribution in [3.05, 3.63) is 17.3 Å². The van der Waals surface area contributed by atoms with E-state index < -0.39 is 0 Å². The molecule has 1 saturated heterocycles. The number of nitrogens with zero attached hydrogens (tertiary/aromatic N) is 3. The third-order valence-corrected chi connectivity index (χ3v) is 3.90. The topological polar surface area (TPSA) is 67.3 Å². The third kappa shape index (κ3) is 2.53. The molecule has 2 aromatic rings. The number of carbonyl (C=O) groups excluding carboxylic acids is 1. The summed E-state index contributed by atoms with van der Waals surface area (Å²) < 4.78 is 4.92. The molecule has 3 heterocycles. The van der Waals surface area contributed by atoms with Crippen molar-refractivity contribution in [1.29, 1.82) is 0 Å². The molecule has 20 heavy (non-hydrogen) atoms. The lowest BCUT2D eigenvalue weighted by atomic mass is 10.3. The van der Waals surface area contributed by atoms with E-state index in [-0.39, 0.29) is 6.09 Å². The van der Waals surface area contributed by atoms with E-state index >= 15 is 0 Å². The van der Waals surface area contributed by atoms with E-state index in [0.29, 0.717) is 25.5 Å². The van der Waals surface area contributed by atoms with Crippen molar-refractivity contribution in [2.75, 3.05) is 25.0 Å². The summed E-state index contributed by atoms with van der Waals surface area (Å²) in [6.07, 6.45) is 0.742. The summed E-state index contributed by atoms with van der Waals surface area (Å²) >= 11 is 1.58. The first-order valence-electron chi connectivity index (χ1n) is 6.67. The molecule has 0 bridgehead atoms. The first kappa shape index (κ1) is 13.1. The molecule has 1 fully saturated rings. The van der Waals surface area contributed by atoms with Crippen molar-refractivity contribution in [3.8, 4) is 0 Å². The number of thiophene rings is 1. The predicted molar refractivity (Wildman–Crippen MR) is 78.0 cm³/mol. The smallest absolute Gasteiger partial charge is 0.410 e. The Kier molecular flexibility index (Phi) is 3.68. The van der Waals surface area contributed by atoms with Gasteiger partial charge in [-0.2, -0.15) is 0 Å². The van der Waals surface area contributed by atoms with Crippen LogP contribution in [-0.4, -0.2) is 40.7 Å². The summed E-state index contributed by atoms with van der Waals surface area (Å²) in [6.45, 7) is 4.42. The lowest BCUT2D eigenvalue weighted by Crippen LogP contribution is -2.25. The largest absolute Gasteiger partial charge is 0.448 e. The van der Waals surface area contributed by atoms with Crippen molar-refractivity contribution in [3.63, 3.8) is 0 Å². The second-order valence-electron chi connectivity index (χ2n) is 4.59. The maximum Gasteiger partial charge on any atom is 0.410 e. The third-order valence-electron chi connectivity index (χ3n) is 3.09. The van der Waals surface area contributed by atoms with Gasteiger partial charge in [-0.3, -0.25) is 4.90 Å². The van der Waals surface area contributed by atoms with E-state index in [1.165, 1.54) is 0 Å². The second kappa shape index (κ2) is 5.62. The number of ether oxygens (including phenoxy) is 1. The molecule has 6 nitrogen and oxygen atoms in total. The minimum Gasteiger partial charge on any atom is -0.448 e. The van der Waals surface area contributed by atoms with Crippen LogP contribution in [0, 0.1) is 0 Å². The first-order chi connectivity index (χ1) is 9.78. The Balaban J connectivity index is 1.88. The normalized spacial score (nSPS) is 14.8. The molecule has 0 atom stereocenters. The molecule has 0 saturated carbocycles. The summed E-state index contributed by atoms with van der Waals surface area (Å²) in [6, 6.07) is 2.02. The number of cyclic esters (lactones) is 1. The summed E-state index contributed by atoms with van der Waals surface area (Å²) in [5, 5.41) is 6.36. The van der Waals surface area contributed by atoms with Crippen LogP contribution in [0.15, 0.2) is 11.4 Å². The zero-order valence-corrected chi connectivity index (χ0v) is 12.1. The van der Waals surface area contributed by atoms with Crippen LogP contribution in [0.3, 0.4) is 0 Å². The van der Waals surface area contributed by atoms with E-state index in [4.69, 9.17) is 4.74 Å². The van der Waals surface area contributed by atoms with Crippen LogP contribution in [-0.2, 0) is 11.3 Å². The number of rotatable bonds is 5. The van der Waals surface area contributed by atoms with Crippen molar-refractivity contribution >= 4 is 33.5 Å². The van der Waals surface area contributed by atoms with Gasteiger partial charge in [-0.05, 0) is 17.9 Å². The van der Waals surface area contributed by atoms with Crippen molar-refractivity contribution in [2.24, 2.45) is 0 Å². The van der Waals surface area contributed by atoms with Crippen molar-refractivity contribution < 1.29 is 9.53 Å². The number of anilines is 1. The summed E-state index contributed by atoms with van der Waals surface area (Å²) in [7, 11) is 0. The molecule has 7 heteroatoms. The van der Waals surface area contributed by atoms with E-state index in [9.17, 15) is 4.79 Å². The fourth-order valence-electron chi connectivity index (χ4n) is 2.09. The fraction of sp³-hybridized carbons (Fsp3) is 0.462. The monoisotopic (exact) mass is 292 g/mol. The zero-order valence-electron chi connectivity index (χ0n) is 11.3. The number of aromatic nitrogens is 2. The second-order valence-corrected chi connectivity index (χ2v) is 5.49. The number of amides is 1. The first-order valence-corrected chi connectivity index (χ1v) is 7.55. The number of nitrogens with one attached hydrogen (secondary N) is 1. The Morgan fingerprint density at radius 1 is 1.50 bits per heavy atom. The number of fused-ring (bicyclic) bond motifs is 1. The number of hydrogen-bond donors (Lipinski definition) is 1. The van der Waals surface area contributed by atoms with Crippen LogP contribution < -0.4 is 5.32 Å².